The molecule has 142 valence electrons. The molecule has 2 aliphatic carbocycles. The van der Waals surface area contributed by atoms with E-state index in [1.807, 2.05) is 20.8 Å². The summed E-state index contributed by atoms with van der Waals surface area (Å²) in [6.45, 7) is 9.65. The van der Waals surface area contributed by atoms with Gasteiger partial charge in [0.15, 0.2) is 5.60 Å². The number of ether oxygens (including phenoxy) is 2. The van der Waals surface area contributed by atoms with E-state index in [1.165, 1.54) is 7.11 Å². The maximum absolute atomic E-state index is 12.7. The Kier molecular flexibility index (Phi) is 4.09. The molecule has 2 fully saturated rings. The van der Waals surface area contributed by atoms with Crippen LogP contribution in [0.15, 0.2) is 24.3 Å². The van der Waals surface area contributed by atoms with Crippen molar-refractivity contribution >= 4 is 17.9 Å². The summed E-state index contributed by atoms with van der Waals surface area (Å²) in [5.41, 5.74) is -2.00. The van der Waals surface area contributed by atoms with E-state index in [4.69, 9.17) is 9.47 Å². The number of carbonyl (C=O) groups excluding carboxylic acids is 2. The molecule has 5 atom stereocenters. The zero-order valence-electron chi connectivity index (χ0n) is 15.7. The third-order valence-corrected chi connectivity index (χ3v) is 6.95. The van der Waals surface area contributed by atoms with Crippen LogP contribution in [0, 0.1) is 28.6 Å². The van der Waals surface area contributed by atoms with Gasteiger partial charge >= 0.3 is 17.9 Å². The van der Waals surface area contributed by atoms with Crippen molar-refractivity contribution in [1.82, 2.24) is 0 Å². The van der Waals surface area contributed by atoms with Gasteiger partial charge in [-0.05, 0) is 23.8 Å². The van der Waals surface area contributed by atoms with Crippen LogP contribution in [-0.4, -0.2) is 35.7 Å². The fourth-order valence-corrected chi connectivity index (χ4v) is 5.51. The minimum atomic E-state index is -1.35. The number of hydrogen-bond acceptors (Lipinski definition) is 5. The number of allylic oxidation sites excluding steroid dienone is 1. The van der Waals surface area contributed by atoms with Crippen LogP contribution in [0.1, 0.15) is 40.0 Å². The zero-order chi connectivity index (χ0) is 19.5. The van der Waals surface area contributed by atoms with Crippen molar-refractivity contribution in [1.29, 1.82) is 0 Å². The van der Waals surface area contributed by atoms with Crippen LogP contribution in [0.2, 0.25) is 0 Å². The summed E-state index contributed by atoms with van der Waals surface area (Å²) in [7, 11) is 1.29. The summed E-state index contributed by atoms with van der Waals surface area (Å²) in [5, 5.41) is 10.1. The molecule has 1 spiro atoms. The second-order valence-corrected chi connectivity index (χ2v) is 8.53. The van der Waals surface area contributed by atoms with E-state index < -0.39 is 46.2 Å². The van der Waals surface area contributed by atoms with Gasteiger partial charge in [-0.25, -0.2) is 0 Å². The first-order chi connectivity index (χ1) is 12.0. The van der Waals surface area contributed by atoms with Gasteiger partial charge in [0.05, 0.1) is 19.4 Å². The maximum atomic E-state index is 12.7. The minimum Gasteiger partial charge on any atom is -0.481 e. The average Bonchev–Trinajstić information content (AvgIpc) is 2.55. The van der Waals surface area contributed by atoms with Crippen LogP contribution < -0.4 is 0 Å². The van der Waals surface area contributed by atoms with Gasteiger partial charge in [-0.2, -0.15) is 0 Å². The van der Waals surface area contributed by atoms with E-state index in [-0.39, 0.29) is 12.3 Å². The molecule has 0 aromatic heterocycles. The molecule has 1 saturated heterocycles. The smallest absolute Gasteiger partial charge is 0.314 e. The number of rotatable bonds is 4. The van der Waals surface area contributed by atoms with E-state index in [0.29, 0.717) is 18.4 Å². The number of aliphatic carboxylic acids is 1. The lowest BCUT2D eigenvalue weighted by Gasteiger charge is -2.64. The number of hydrogen-bond donors (Lipinski definition) is 1. The van der Waals surface area contributed by atoms with Gasteiger partial charge < -0.3 is 14.6 Å². The predicted molar refractivity (Wildman–Crippen MR) is 93.0 cm³/mol. The summed E-state index contributed by atoms with van der Waals surface area (Å²) in [6.07, 6.45) is 4.66. The number of fused-ring (bicyclic) bond motifs is 1. The largest absolute Gasteiger partial charge is 0.481 e. The Hall–Kier alpha value is -2.11. The molecular weight excluding hydrogens is 336 g/mol. The molecule has 6 heteroatoms. The number of carboxylic acid groups (broad SMARTS) is 1. The Morgan fingerprint density at radius 3 is 2.62 bits per heavy atom. The van der Waals surface area contributed by atoms with Crippen molar-refractivity contribution in [3.05, 3.63) is 24.3 Å². The highest BCUT2D eigenvalue weighted by Gasteiger charge is 2.72. The summed E-state index contributed by atoms with van der Waals surface area (Å²) >= 11 is 0. The second kappa shape index (κ2) is 5.69. The van der Waals surface area contributed by atoms with Gasteiger partial charge in [0.2, 0.25) is 0 Å². The van der Waals surface area contributed by atoms with Crippen molar-refractivity contribution in [2.45, 2.75) is 45.6 Å². The van der Waals surface area contributed by atoms with Crippen molar-refractivity contribution in [3.8, 4) is 0 Å². The van der Waals surface area contributed by atoms with E-state index in [1.54, 1.807) is 12.2 Å². The first-order valence-electron chi connectivity index (χ1n) is 8.92. The SMILES string of the molecule is C=C[C@]1(C)CC[C@H]2C(C)(C)[C@@H]3C=C(CC(=O)OC)[C@]2(OC3=O)[C@H]1C(=O)O. The third kappa shape index (κ3) is 2.20. The van der Waals surface area contributed by atoms with E-state index >= 15 is 0 Å². The van der Waals surface area contributed by atoms with Gasteiger partial charge in [0.25, 0.3) is 0 Å². The van der Waals surface area contributed by atoms with E-state index in [9.17, 15) is 19.5 Å². The molecule has 2 aliphatic heterocycles. The highest BCUT2D eigenvalue weighted by Crippen LogP contribution is 2.66. The van der Waals surface area contributed by atoms with Gasteiger partial charge in [0, 0.05) is 11.3 Å². The highest BCUT2D eigenvalue weighted by atomic mass is 16.6. The molecule has 0 radical (unpaired) electrons. The fraction of sp³-hybridized carbons (Fsp3) is 0.650. The Morgan fingerprint density at radius 1 is 1.42 bits per heavy atom. The Morgan fingerprint density at radius 2 is 2.08 bits per heavy atom. The van der Waals surface area contributed by atoms with Crippen LogP contribution >= 0.6 is 0 Å². The molecule has 0 aromatic carbocycles. The maximum Gasteiger partial charge on any atom is 0.314 e. The quantitative estimate of drug-likeness (QED) is 0.611. The minimum absolute atomic E-state index is 0.0795. The highest BCUT2D eigenvalue weighted by molar-refractivity contribution is 5.85. The standard InChI is InChI=1S/C20H26O6/c1-6-19(4)8-7-13-18(2,3)12-9-11(10-14(21)25-5)20(13,26-17(12)24)15(19)16(22)23/h6,9,12-13,15H,1,7-8,10H2,2-5H3,(H,22,23)/t12-,13+,15+,19-,20-/m1/s1. The zero-order valence-corrected chi connectivity index (χ0v) is 15.7. The summed E-state index contributed by atoms with van der Waals surface area (Å²) < 4.78 is 10.7. The molecule has 2 bridgehead atoms. The van der Waals surface area contributed by atoms with Crippen molar-refractivity contribution < 1.29 is 29.0 Å². The van der Waals surface area contributed by atoms with Crippen LogP contribution in [-0.2, 0) is 23.9 Å². The molecule has 4 aliphatic rings. The number of methoxy groups -OCH3 is 1. The lowest BCUT2D eigenvalue weighted by molar-refractivity contribution is -0.235. The molecule has 6 nitrogen and oxygen atoms in total. The Bertz CT molecular complexity index is 720. The van der Waals surface area contributed by atoms with Gasteiger partial charge in [-0.1, -0.05) is 32.9 Å². The van der Waals surface area contributed by atoms with Crippen LogP contribution in [0.25, 0.3) is 0 Å². The summed E-state index contributed by atoms with van der Waals surface area (Å²) in [4.78, 5) is 37.1. The second-order valence-electron chi connectivity index (χ2n) is 8.53. The molecule has 0 unspecified atom stereocenters. The average molecular weight is 362 g/mol. The molecule has 4 rings (SSSR count). The van der Waals surface area contributed by atoms with Crippen molar-refractivity contribution in [2.24, 2.45) is 28.6 Å². The number of carbonyl (C=O) groups is 3. The Labute approximate surface area is 153 Å². The molecule has 2 heterocycles. The van der Waals surface area contributed by atoms with Crippen LogP contribution in [0.4, 0.5) is 0 Å². The van der Waals surface area contributed by atoms with E-state index in [0.717, 1.165) is 0 Å². The first-order valence-corrected chi connectivity index (χ1v) is 8.92. The number of esters is 2. The fourth-order valence-electron chi connectivity index (χ4n) is 5.51. The molecule has 0 aromatic rings. The molecule has 1 saturated carbocycles. The number of carboxylic acids is 1. The van der Waals surface area contributed by atoms with Gasteiger partial charge in [-0.3, -0.25) is 14.4 Å². The predicted octanol–water partition coefficient (Wildman–Crippen LogP) is 2.73. The molecule has 0 amide bonds. The molecule has 26 heavy (non-hydrogen) atoms. The summed E-state index contributed by atoms with van der Waals surface area (Å²) in [5.74, 6) is -3.61. The third-order valence-electron chi connectivity index (χ3n) is 6.95. The lowest BCUT2D eigenvalue weighted by Crippen LogP contribution is -2.71. The molecule has 1 N–H and O–H groups in total. The topological polar surface area (TPSA) is 89.9 Å². The lowest BCUT2D eigenvalue weighted by atomic mass is 9.44. The van der Waals surface area contributed by atoms with E-state index in [2.05, 4.69) is 6.58 Å². The van der Waals surface area contributed by atoms with Gasteiger partial charge in [-0.15, -0.1) is 6.58 Å². The normalized spacial score (nSPS) is 40.1. The summed E-state index contributed by atoms with van der Waals surface area (Å²) in [6, 6.07) is 0. The molecular formula is C20H26O6. The first kappa shape index (κ1) is 18.7. The monoisotopic (exact) mass is 362 g/mol. The van der Waals surface area contributed by atoms with Crippen molar-refractivity contribution in [2.75, 3.05) is 7.11 Å². The van der Waals surface area contributed by atoms with Gasteiger partial charge in [0.1, 0.15) is 5.92 Å². The van der Waals surface area contributed by atoms with Crippen LogP contribution in [0.5, 0.6) is 0 Å². The van der Waals surface area contributed by atoms with Crippen molar-refractivity contribution in [3.63, 3.8) is 0 Å². The Balaban J connectivity index is 2.27. The van der Waals surface area contributed by atoms with Crippen LogP contribution in [0.3, 0.4) is 0 Å².